The number of hydrogen-bond acceptors (Lipinski definition) is 4. The minimum absolute atomic E-state index is 0.412. The van der Waals surface area contributed by atoms with Crippen LogP contribution in [0.1, 0.15) is 24.8 Å². The van der Waals surface area contributed by atoms with Crippen LogP contribution in [0.5, 0.6) is 0 Å². The van der Waals surface area contributed by atoms with Crippen molar-refractivity contribution in [3.05, 3.63) is 35.7 Å². The number of aliphatic hydroxyl groups is 1. The Balaban J connectivity index is 2.18. The fourth-order valence-corrected chi connectivity index (χ4v) is 1.59. The second kappa shape index (κ2) is 5.10. The van der Waals surface area contributed by atoms with Crippen LogP contribution in [0.25, 0.3) is 11.4 Å². The maximum atomic E-state index is 9.51. The number of aryl methyl sites for hydroxylation is 1. The number of benzene rings is 1. The highest BCUT2D eigenvalue weighted by molar-refractivity contribution is 5.55. The van der Waals surface area contributed by atoms with Gasteiger partial charge in [-0.25, -0.2) is 0 Å². The Morgan fingerprint density at radius 1 is 1.41 bits per heavy atom. The molecule has 1 unspecified atom stereocenters. The number of hydrogen-bond donors (Lipinski definition) is 1. The molecule has 0 saturated heterocycles. The van der Waals surface area contributed by atoms with Crippen molar-refractivity contribution >= 4 is 0 Å². The van der Waals surface area contributed by atoms with Gasteiger partial charge in [0, 0.05) is 5.56 Å². The standard InChI is InChI=1S/C13H16N2O2/c1-3-11(16)8-12-14-13(15-17-12)10-6-4-5-9(2)7-10/h4-7,11,16H,3,8H2,1-2H3. The van der Waals surface area contributed by atoms with E-state index in [4.69, 9.17) is 4.52 Å². The molecule has 2 aromatic rings. The molecule has 4 heteroatoms. The van der Waals surface area contributed by atoms with Crippen molar-refractivity contribution in [3.63, 3.8) is 0 Å². The highest BCUT2D eigenvalue weighted by atomic mass is 16.5. The van der Waals surface area contributed by atoms with Crippen molar-refractivity contribution in [2.24, 2.45) is 0 Å². The summed E-state index contributed by atoms with van der Waals surface area (Å²) in [6.07, 6.45) is 0.679. The van der Waals surface area contributed by atoms with Crippen LogP contribution in [0.3, 0.4) is 0 Å². The molecular formula is C13H16N2O2. The summed E-state index contributed by atoms with van der Waals surface area (Å²) >= 11 is 0. The monoisotopic (exact) mass is 232 g/mol. The maximum absolute atomic E-state index is 9.51. The molecule has 17 heavy (non-hydrogen) atoms. The van der Waals surface area contributed by atoms with Crippen LogP contribution in [-0.4, -0.2) is 21.4 Å². The van der Waals surface area contributed by atoms with Crippen LogP contribution in [0.4, 0.5) is 0 Å². The molecule has 0 saturated carbocycles. The Labute approximate surface area is 100 Å². The van der Waals surface area contributed by atoms with E-state index in [2.05, 4.69) is 10.1 Å². The molecular weight excluding hydrogens is 216 g/mol. The van der Waals surface area contributed by atoms with Gasteiger partial charge in [0.15, 0.2) is 0 Å². The quantitative estimate of drug-likeness (QED) is 0.879. The number of rotatable bonds is 4. The first-order valence-corrected chi connectivity index (χ1v) is 5.76. The summed E-state index contributed by atoms with van der Waals surface area (Å²) in [6, 6.07) is 7.93. The molecule has 1 aromatic carbocycles. The van der Waals surface area contributed by atoms with E-state index >= 15 is 0 Å². The zero-order chi connectivity index (χ0) is 12.3. The lowest BCUT2D eigenvalue weighted by molar-refractivity contribution is 0.158. The van der Waals surface area contributed by atoms with Crippen LogP contribution in [-0.2, 0) is 6.42 Å². The van der Waals surface area contributed by atoms with Crippen molar-refractivity contribution < 1.29 is 9.63 Å². The lowest BCUT2D eigenvalue weighted by Crippen LogP contribution is -2.08. The topological polar surface area (TPSA) is 59.2 Å². The second-order valence-corrected chi connectivity index (χ2v) is 4.15. The Morgan fingerprint density at radius 3 is 2.94 bits per heavy atom. The first-order chi connectivity index (χ1) is 8.19. The molecule has 2 rings (SSSR count). The third-order valence-electron chi connectivity index (χ3n) is 2.63. The molecule has 0 radical (unpaired) electrons. The molecule has 0 bridgehead atoms. The van der Waals surface area contributed by atoms with Crippen LogP contribution in [0.15, 0.2) is 28.8 Å². The van der Waals surface area contributed by atoms with Gasteiger partial charge >= 0.3 is 0 Å². The van der Waals surface area contributed by atoms with Gasteiger partial charge < -0.3 is 9.63 Å². The molecule has 0 amide bonds. The molecule has 0 spiro atoms. The fraction of sp³-hybridized carbons (Fsp3) is 0.385. The fourth-order valence-electron chi connectivity index (χ4n) is 1.59. The Morgan fingerprint density at radius 2 is 2.24 bits per heavy atom. The molecule has 1 N–H and O–H groups in total. The molecule has 90 valence electrons. The number of aliphatic hydroxyl groups excluding tert-OH is 1. The lowest BCUT2D eigenvalue weighted by atomic mass is 10.1. The van der Waals surface area contributed by atoms with Crippen LogP contribution < -0.4 is 0 Å². The van der Waals surface area contributed by atoms with Crippen LogP contribution >= 0.6 is 0 Å². The van der Waals surface area contributed by atoms with Crippen molar-refractivity contribution in [1.82, 2.24) is 10.1 Å². The van der Waals surface area contributed by atoms with E-state index in [1.165, 1.54) is 0 Å². The van der Waals surface area contributed by atoms with Gasteiger partial charge in [0.05, 0.1) is 12.5 Å². The predicted molar refractivity (Wildman–Crippen MR) is 64.5 cm³/mol. The lowest BCUT2D eigenvalue weighted by Gasteiger charge is -2.01. The molecule has 1 atom stereocenters. The summed E-state index contributed by atoms with van der Waals surface area (Å²) in [5.74, 6) is 1.06. The average molecular weight is 232 g/mol. The van der Waals surface area contributed by atoms with Crippen LogP contribution in [0.2, 0.25) is 0 Å². The summed E-state index contributed by atoms with van der Waals surface area (Å²) in [5.41, 5.74) is 2.09. The summed E-state index contributed by atoms with van der Waals surface area (Å²) < 4.78 is 5.11. The summed E-state index contributed by atoms with van der Waals surface area (Å²) in [6.45, 7) is 3.94. The van der Waals surface area contributed by atoms with Gasteiger partial charge in [-0.1, -0.05) is 35.8 Å². The predicted octanol–water partition coefficient (Wildman–Crippen LogP) is 2.36. The third-order valence-corrected chi connectivity index (χ3v) is 2.63. The molecule has 0 aliphatic rings. The summed E-state index contributed by atoms with van der Waals surface area (Å²) in [7, 11) is 0. The third kappa shape index (κ3) is 2.91. The summed E-state index contributed by atoms with van der Waals surface area (Å²) in [4.78, 5) is 4.27. The SMILES string of the molecule is CCC(O)Cc1nc(-c2cccc(C)c2)no1. The average Bonchev–Trinajstić information content (AvgIpc) is 2.77. The maximum Gasteiger partial charge on any atom is 0.229 e. The first kappa shape index (κ1) is 11.8. The van der Waals surface area contributed by atoms with Gasteiger partial charge in [-0.05, 0) is 19.4 Å². The van der Waals surface area contributed by atoms with E-state index in [1.54, 1.807) is 0 Å². The Bertz CT molecular complexity index is 494. The van der Waals surface area contributed by atoms with E-state index < -0.39 is 6.10 Å². The molecule has 0 fully saturated rings. The number of aromatic nitrogens is 2. The largest absolute Gasteiger partial charge is 0.393 e. The Kier molecular flexibility index (Phi) is 3.54. The van der Waals surface area contributed by atoms with E-state index in [0.717, 1.165) is 11.1 Å². The van der Waals surface area contributed by atoms with E-state index in [1.807, 2.05) is 38.1 Å². The first-order valence-electron chi connectivity index (χ1n) is 5.76. The molecule has 0 aliphatic carbocycles. The van der Waals surface area contributed by atoms with Crippen molar-refractivity contribution in [3.8, 4) is 11.4 Å². The summed E-state index contributed by atoms with van der Waals surface area (Å²) in [5, 5.41) is 13.4. The van der Waals surface area contributed by atoms with Crippen molar-refractivity contribution in [1.29, 1.82) is 0 Å². The molecule has 0 aliphatic heterocycles. The smallest absolute Gasteiger partial charge is 0.229 e. The van der Waals surface area contributed by atoms with Gasteiger partial charge in [-0.2, -0.15) is 4.98 Å². The van der Waals surface area contributed by atoms with Gasteiger partial charge in [0.1, 0.15) is 0 Å². The second-order valence-electron chi connectivity index (χ2n) is 4.15. The highest BCUT2D eigenvalue weighted by Crippen LogP contribution is 2.17. The zero-order valence-electron chi connectivity index (χ0n) is 10.1. The van der Waals surface area contributed by atoms with Crippen LogP contribution in [0, 0.1) is 6.92 Å². The zero-order valence-corrected chi connectivity index (χ0v) is 10.1. The van der Waals surface area contributed by atoms with E-state index in [0.29, 0.717) is 24.6 Å². The normalized spacial score (nSPS) is 12.6. The Hall–Kier alpha value is -1.68. The number of nitrogens with zero attached hydrogens (tertiary/aromatic N) is 2. The minimum Gasteiger partial charge on any atom is -0.393 e. The van der Waals surface area contributed by atoms with Gasteiger partial charge in [0.25, 0.3) is 0 Å². The van der Waals surface area contributed by atoms with E-state index in [-0.39, 0.29) is 0 Å². The van der Waals surface area contributed by atoms with Gasteiger partial charge in [-0.3, -0.25) is 0 Å². The van der Waals surface area contributed by atoms with Gasteiger partial charge in [-0.15, -0.1) is 0 Å². The molecule has 1 heterocycles. The van der Waals surface area contributed by atoms with Crippen molar-refractivity contribution in [2.45, 2.75) is 32.8 Å². The highest BCUT2D eigenvalue weighted by Gasteiger charge is 2.11. The van der Waals surface area contributed by atoms with Crippen molar-refractivity contribution in [2.75, 3.05) is 0 Å². The van der Waals surface area contributed by atoms with Gasteiger partial charge in [0.2, 0.25) is 11.7 Å². The molecule has 4 nitrogen and oxygen atoms in total. The van der Waals surface area contributed by atoms with E-state index in [9.17, 15) is 5.11 Å². The molecule has 1 aromatic heterocycles. The minimum atomic E-state index is -0.416.